The van der Waals surface area contributed by atoms with Crippen molar-refractivity contribution in [3.8, 4) is 17.1 Å². The molecule has 46 heavy (non-hydrogen) atoms. The zero-order chi connectivity index (χ0) is 34.0. The molecule has 2 saturated carbocycles. The Morgan fingerprint density at radius 2 is 1.70 bits per heavy atom. The molecule has 248 valence electrons. The van der Waals surface area contributed by atoms with Crippen LogP contribution < -0.4 is 10.6 Å². The minimum absolute atomic E-state index is 0.0117. The van der Waals surface area contributed by atoms with Crippen LogP contribution in [0, 0.1) is 23.7 Å². The highest BCUT2D eigenvalue weighted by molar-refractivity contribution is 6.32. The zero-order valence-electron chi connectivity index (χ0n) is 27.4. The van der Waals surface area contributed by atoms with Gasteiger partial charge in [-0.2, -0.15) is 0 Å². The molecule has 0 radical (unpaired) electrons. The van der Waals surface area contributed by atoms with Crippen LogP contribution >= 0.6 is 0 Å². The van der Waals surface area contributed by atoms with Crippen molar-refractivity contribution in [1.29, 1.82) is 0 Å². The van der Waals surface area contributed by atoms with Crippen LogP contribution in [0.1, 0.15) is 28.1 Å². The third kappa shape index (κ3) is 5.24. The van der Waals surface area contributed by atoms with Gasteiger partial charge in [0.15, 0.2) is 34.7 Å². The Labute approximate surface area is 267 Å². The number of aliphatic hydroxyl groups is 1. The van der Waals surface area contributed by atoms with E-state index >= 15 is 0 Å². The monoisotopic (exact) mass is 637 g/mol. The van der Waals surface area contributed by atoms with E-state index in [1.807, 2.05) is 26.0 Å². The Bertz CT molecular complexity index is 1610. The quantitative estimate of drug-likeness (QED) is 0.319. The second kappa shape index (κ2) is 12.0. The third-order valence-electron chi connectivity index (χ3n) is 9.80. The summed E-state index contributed by atoms with van der Waals surface area (Å²) in [5.41, 5.74) is 3.98. The number of phenolic OH excluding ortho intramolecular Hbond substituents is 1. The van der Waals surface area contributed by atoms with Crippen molar-refractivity contribution < 1.29 is 38.6 Å². The molecule has 1 aromatic heterocycles. The fraction of sp³-hybridized carbons (Fsp3) is 0.545. The second-order valence-corrected chi connectivity index (χ2v) is 13.6. The number of nitrogens with zero attached hydrogens (tertiary/aromatic N) is 4. The van der Waals surface area contributed by atoms with Crippen LogP contribution in [0.4, 0.5) is 5.69 Å². The molecule has 0 spiro atoms. The van der Waals surface area contributed by atoms with Gasteiger partial charge in [-0.3, -0.25) is 33.8 Å². The maximum atomic E-state index is 14.3. The number of carbonyl (C=O) groups excluding carboxylic acids is 5. The van der Waals surface area contributed by atoms with Gasteiger partial charge in [0.2, 0.25) is 5.91 Å². The fourth-order valence-electron chi connectivity index (χ4n) is 7.56. The standard InChI is InChI=1S/C33H43N5O8/c1-35(2)10-11-38(7)15-17-8-9-22(46-17)19-14-21(36(3)4)18-12-16-13-20-26(37(5)6)29(41)25(32(34)44)31(43)33(20,45)30(42)23(16)28(40)24(18)27(19)39/h8-9,14,16,20,23,25-26,39,45H,10-13,15H2,1-7H3,(H2,34,44)/t16-,20-,23?,25?,26?,33-/m0/s1. The number of rotatable bonds is 9. The zero-order valence-corrected chi connectivity index (χ0v) is 27.4. The van der Waals surface area contributed by atoms with Crippen molar-refractivity contribution in [2.45, 2.75) is 31.0 Å². The molecular formula is C33H43N5O8. The lowest BCUT2D eigenvalue weighted by Crippen LogP contribution is -2.74. The van der Waals surface area contributed by atoms with Crippen molar-refractivity contribution in [3.63, 3.8) is 0 Å². The number of carbonyl (C=O) groups is 5. The SMILES string of the molecule is CN(C)CCN(C)Cc1ccc(-c2cc(N(C)C)c3c(c2O)C(=O)C2C(=O)[C@]4(O)C(=O)C(C(N)=O)C(=O)C(N(C)C)[C@@H]4C[C@@H]2C3)o1. The summed E-state index contributed by atoms with van der Waals surface area (Å²) in [5.74, 6) is -9.84. The van der Waals surface area contributed by atoms with Crippen LogP contribution in [0.5, 0.6) is 5.75 Å². The molecule has 1 amide bonds. The van der Waals surface area contributed by atoms with E-state index in [4.69, 9.17) is 10.2 Å². The van der Waals surface area contributed by atoms with E-state index < -0.39 is 64.4 Å². The Kier molecular flexibility index (Phi) is 8.75. The normalized spacial score (nSPS) is 27.7. The number of anilines is 1. The lowest BCUT2D eigenvalue weighted by atomic mass is 9.52. The molecule has 1 heterocycles. The van der Waals surface area contributed by atoms with E-state index in [0.29, 0.717) is 29.3 Å². The number of aromatic hydroxyl groups is 1. The first kappa shape index (κ1) is 33.5. The van der Waals surface area contributed by atoms with Gasteiger partial charge in [-0.1, -0.05) is 0 Å². The highest BCUT2D eigenvalue weighted by Crippen LogP contribution is 2.53. The Morgan fingerprint density at radius 1 is 1.02 bits per heavy atom. The predicted molar refractivity (Wildman–Crippen MR) is 168 cm³/mol. The van der Waals surface area contributed by atoms with E-state index in [1.165, 1.54) is 4.90 Å². The predicted octanol–water partition coefficient (Wildman–Crippen LogP) is 0.186. The summed E-state index contributed by atoms with van der Waals surface area (Å²) in [6.07, 6.45) is 0.162. The number of likely N-dealkylation sites (N-methyl/N-ethyl adjacent to an activating group) is 3. The van der Waals surface area contributed by atoms with Crippen LogP contribution in [0.15, 0.2) is 22.6 Å². The average molecular weight is 638 g/mol. The molecule has 3 unspecified atom stereocenters. The number of amides is 1. The highest BCUT2D eigenvalue weighted by atomic mass is 16.3. The van der Waals surface area contributed by atoms with E-state index in [-0.39, 0.29) is 29.7 Å². The fourth-order valence-corrected chi connectivity index (χ4v) is 7.56. The van der Waals surface area contributed by atoms with Crippen molar-refractivity contribution in [1.82, 2.24) is 14.7 Å². The van der Waals surface area contributed by atoms with Crippen molar-refractivity contribution in [3.05, 3.63) is 35.1 Å². The van der Waals surface area contributed by atoms with Gasteiger partial charge in [0.05, 0.1) is 29.6 Å². The Morgan fingerprint density at radius 3 is 2.28 bits per heavy atom. The number of nitrogens with two attached hydrogens (primary N) is 1. The van der Waals surface area contributed by atoms with Crippen molar-refractivity contribution in [2.24, 2.45) is 29.4 Å². The van der Waals surface area contributed by atoms with Gasteiger partial charge < -0.3 is 30.2 Å². The summed E-state index contributed by atoms with van der Waals surface area (Å²) >= 11 is 0. The molecule has 1 aromatic carbocycles. The Hall–Kier alpha value is -3.91. The molecule has 0 aliphatic heterocycles. The number of hydrogen-bond acceptors (Lipinski definition) is 12. The van der Waals surface area contributed by atoms with Crippen LogP contribution in [0.2, 0.25) is 0 Å². The molecule has 13 heteroatoms. The number of fused-ring (bicyclic) bond motifs is 3. The molecule has 5 rings (SSSR count). The van der Waals surface area contributed by atoms with Crippen molar-refractivity contribution in [2.75, 3.05) is 67.3 Å². The molecule has 3 aliphatic rings. The molecule has 0 bridgehead atoms. The summed E-state index contributed by atoms with van der Waals surface area (Å²) in [5, 5.41) is 23.5. The van der Waals surface area contributed by atoms with Crippen LogP contribution in [-0.4, -0.2) is 128 Å². The molecular weight excluding hydrogens is 594 g/mol. The number of benzene rings is 1. The van der Waals surface area contributed by atoms with Crippen molar-refractivity contribution >= 4 is 34.7 Å². The summed E-state index contributed by atoms with van der Waals surface area (Å²) in [4.78, 5) is 75.0. The third-order valence-corrected chi connectivity index (χ3v) is 9.80. The summed E-state index contributed by atoms with van der Waals surface area (Å²) < 4.78 is 6.12. The molecule has 3 aliphatic carbocycles. The number of phenols is 1. The summed E-state index contributed by atoms with van der Waals surface area (Å²) in [7, 11) is 12.7. The van der Waals surface area contributed by atoms with Gasteiger partial charge in [-0.15, -0.1) is 0 Å². The minimum atomic E-state index is -2.77. The van der Waals surface area contributed by atoms with Crippen LogP contribution in [-0.2, 0) is 32.1 Å². The van der Waals surface area contributed by atoms with Gasteiger partial charge in [-0.25, -0.2) is 0 Å². The number of primary amides is 1. The Balaban J connectivity index is 1.57. The maximum absolute atomic E-state index is 14.3. The first-order valence-electron chi connectivity index (χ1n) is 15.3. The van der Waals surface area contributed by atoms with Crippen LogP contribution in [0.3, 0.4) is 0 Å². The van der Waals surface area contributed by atoms with Gasteiger partial charge in [0.25, 0.3) is 0 Å². The number of ketones is 4. The lowest BCUT2D eigenvalue weighted by Gasteiger charge is -2.52. The molecule has 2 fully saturated rings. The molecule has 2 aromatic rings. The number of Topliss-reactive ketones (excluding diaryl/α,β-unsaturated/α-hetero) is 4. The maximum Gasteiger partial charge on any atom is 0.235 e. The largest absolute Gasteiger partial charge is 0.506 e. The summed E-state index contributed by atoms with van der Waals surface area (Å²) in [6.45, 7) is 2.19. The van der Waals surface area contributed by atoms with E-state index in [2.05, 4.69) is 9.80 Å². The lowest BCUT2D eigenvalue weighted by molar-refractivity contribution is -0.181. The van der Waals surface area contributed by atoms with Gasteiger partial charge >= 0.3 is 0 Å². The number of furan rings is 1. The first-order chi connectivity index (χ1) is 21.5. The van der Waals surface area contributed by atoms with Gasteiger partial charge in [0.1, 0.15) is 17.3 Å². The van der Waals surface area contributed by atoms with Gasteiger partial charge in [-0.05, 0) is 77.8 Å². The average Bonchev–Trinajstić information content (AvgIpc) is 3.41. The van der Waals surface area contributed by atoms with E-state index in [1.54, 1.807) is 46.4 Å². The number of hydrogen-bond donors (Lipinski definition) is 3. The molecule has 13 nitrogen and oxygen atoms in total. The molecule has 4 N–H and O–H groups in total. The molecule has 0 saturated heterocycles. The smallest absolute Gasteiger partial charge is 0.235 e. The van der Waals surface area contributed by atoms with Crippen LogP contribution in [0.25, 0.3) is 11.3 Å². The molecule has 6 atom stereocenters. The minimum Gasteiger partial charge on any atom is -0.506 e. The van der Waals surface area contributed by atoms with E-state index in [9.17, 15) is 34.2 Å². The highest BCUT2D eigenvalue weighted by Gasteiger charge is 2.69. The topological polar surface area (TPSA) is 178 Å². The van der Waals surface area contributed by atoms with Gasteiger partial charge in [0, 0.05) is 38.8 Å². The van der Waals surface area contributed by atoms with E-state index in [0.717, 1.165) is 13.1 Å². The summed E-state index contributed by atoms with van der Waals surface area (Å²) in [6, 6.07) is 4.12. The first-order valence-corrected chi connectivity index (χ1v) is 15.3. The second-order valence-electron chi connectivity index (χ2n) is 13.6.